The molecule has 1 aliphatic rings. The van der Waals surface area contributed by atoms with Crippen molar-refractivity contribution in [2.24, 2.45) is 5.73 Å². The normalized spacial score (nSPS) is 28.5. The molecule has 4 heteroatoms. The van der Waals surface area contributed by atoms with Gasteiger partial charge in [0.25, 0.3) is 0 Å². The molecular formula is C9H17NO3. The Kier molecular flexibility index (Phi) is 4.18. The first-order valence-corrected chi connectivity index (χ1v) is 4.66. The van der Waals surface area contributed by atoms with Gasteiger partial charge in [-0.05, 0) is 25.7 Å². The zero-order valence-electron chi connectivity index (χ0n) is 7.99. The van der Waals surface area contributed by atoms with Crippen LogP contribution >= 0.6 is 0 Å². The average Bonchev–Trinajstić information content (AvgIpc) is 2.16. The van der Waals surface area contributed by atoms with E-state index in [-0.39, 0.29) is 18.7 Å². The standard InChI is InChI=1S/C9H17NO3/c1-12-9(11)6-13-8-4-2-7(10)3-5-8/h7-8H,2-6,10H2,1H3. The fraction of sp³-hybridized carbons (Fsp3) is 0.889. The molecular weight excluding hydrogens is 170 g/mol. The zero-order chi connectivity index (χ0) is 9.68. The monoisotopic (exact) mass is 187 g/mol. The Labute approximate surface area is 78.4 Å². The van der Waals surface area contributed by atoms with Crippen LogP contribution in [0.2, 0.25) is 0 Å². The molecule has 0 unspecified atom stereocenters. The summed E-state index contributed by atoms with van der Waals surface area (Å²) in [5, 5.41) is 0. The van der Waals surface area contributed by atoms with Gasteiger partial charge in [0.1, 0.15) is 6.61 Å². The molecule has 1 rings (SSSR count). The lowest BCUT2D eigenvalue weighted by Gasteiger charge is -2.25. The third-order valence-electron chi connectivity index (χ3n) is 2.38. The van der Waals surface area contributed by atoms with Crippen LogP contribution in [0.4, 0.5) is 0 Å². The molecule has 1 fully saturated rings. The molecule has 13 heavy (non-hydrogen) atoms. The van der Waals surface area contributed by atoms with Gasteiger partial charge in [-0.15, -0.1) is 0 Å². The number of nitrogens with two attached hydrogens (primary N) is 1. The maximum absolute atomic E-state index is 10.7. The smallest absolute Gasteiger partial charge is 0.331 e. The van der Waals surface area contributed by atoms with Crippen molar-refractivity contribution >= 4 is 5.97 Å². The number of carbonyl (C=O) groups excluding carboxylic acids is 1. The first-order valence-electron chi connectivity index (χ1n) is 4.66. The second kappa shape index (κ2) is 5.19. The highest BCUT2D eigenvalue weighted by molar-refractivity contribution is 5.70. The topological polar surface area (TPSA) is 61.5 Å². The fourth-order valence-electron chi connectivity index (χ4n) is 1.50. The minimum absolute atomic E-state index is 0.0659. The summed E-state index contributed by atoms with van der Waals surface area (Å²) in [4.78, 5) is 10.7. The van der Waals surface area contributed by atoms with Crippen molar-refractivity contribution in [2.75, 3.05) is 13.7 Å². The van der Waals surface area contributed by atoms with Crippen molar-refractivity contribution in [3.05, 3.63) is 0 Å². The van der Waals surface area contributed by atoms with Crippen molar-refractivity contribution in [1.82, 2.24) is 0 Å². The summed E-state index contributed by atoms with van der Waals surface area (Å²) in [6, 6.07) is 0.318. The summed E-state index contributed by atoms with van der Waals surface area (Å²) in [7, 11) is 1.36. The lowest BCUT2D eigenvalue weighted by atomic mass is 9.94. The SMILES string of the molecule is COC(=O)COC1CCC(N)CC1. The molecule has 0 atom stereocenters. The molecule has 0 radical (unpaired) electrons. The number of hydrogen-bond donors (Lipinski definition) is 1. The molecule has 0 saturated heterocycles. The van der Waals surface area contributed by atoms with Crippen LogP contribution in [0.5, 0.6) is 0 Å². The van der Waals surface area contributed by atoms with Gasteiger partial charge in [-0.25, -0.2) is 4.79 Å². The predicted octanol–water partition coefficient (Wildman–Crippen LogP) is 0.446. The summed E-state index contributed by atoms with van der Waals surface area (Å²) >= 11 is 0. The molecule has 0 aliphatic heterocycles. The molecule has 0 amide bonds. The molecule has 76 valence electrons. The Morgan fingerprint density at radius 1 is 1.38 bits per heavy atom. The molecule has 0 aromatic carbocycles. The van der Waals surface area contributed by atoms with Gasteiger partial charge >= 0.3 is 5.97 Å². The van der Waals surface area contributed by atoms with E-state index < -0.39 is 0 Å². The number of rotatable bonds is 3. The van der Waals surface area contributed by atoms with Crippen LogP contribution in [0.15, 0.2) is 0 Å². The van der Waals surface area contributed by atoms with E-state index in [1.165, 1.54) is 7.11 Å². The molecule has 0 heterocycles. The van der Waals surface area contributed by atoms with Gasteiger partial charge in [0, 0.05) is 6.04 Å². The molecule has 1 saturated carbocycles. The predicted molar refractivity (Wildman–Crippen MR) is 48.2 cm³/mol. The molecule has 0 bridgehead atoms. The van der Waals surface area contributed by atoms with Crippen molar-refractivity contribution < 1.29 is 14.3 Å². The minimum atomic E-state index is -0.310. The second-order valence-electron chi connectivity index (χ2n) is 3.42. The van der Waals surface area contributed by atoms with E-state index in [4.69, 9.17) is 10.5 Å². The number of carbonyl (C=O) groups is 1. The maximum atomic E-state index is 10.7. The van der Waals surface area contributed by atoms with Gasteiger partial charge in [-0.2, -0.15) is 0 Å². The quantitative estimate of drug-likeness (QED) is 0.651. The van der Waals surface area contributed by atoms with Gasteiger partial charge in [-0.3, -0.25) is 0 Å². The third-order valence-corrected chi connectivity index (χ3v) is 2.38. The molecule has 4 nitrogen and oxygen atoms in total. The summed E-state index contributed by atoms with van der Waals surface area (Å²) in [5.74, 6) is -0.310. The van der Waals surface area contributed by atoms with E-state index >= 15 is 0 Å². The van der Waals surface area contributed by atoms with Crippen molar-refractivity contribution in [3.8, 4) is 0 Å². The Bertz CT molecular complexity index is 164. The summed E-state index contributed by atoms with van der Waals surface area (Å²) in [6.45, 7) is 0.0659. The minimum Gasteiger partial charge on any atom is -0.467 e. The highest BCUT2D eigenvalue weighted by Crippen LogP contribution is 2.19. The van der Waals surface area contributed by atoms with E-state index in [1.807, 2.05) is 0 Å². The number of esters is 1. The van der Waals surface area contributed by atoms with Crippen LogP contribution < -0.4 is 5.73 Å². The Morgan fingerprint density at radius 3 is 2.54 bits per heavy atom. The fourth-order valence-corrected chi connectivity index (χ4v) is 1.50. The Morgan fingerprint density at radius 2 is 2.00 bits per heavy atom. The number of hydrogen-bond acceptors (Lipinski definition) is 4. The van der Waals surface area contributed by atoms with Crippen LogP contribution in [0.25, 0.3) is 0 Å². The summed E-state index contributed by atoms with van der Waals surface area (Å²) in [5.41, 5.74) is 5.73. The third kappa shape index (κ3) is 3.74. The van der Waals surface area contributed by atoms with Gasteiger partial charge in [0.05, 0.1) is 13.2 Å². The first-order chi connectivity index (χ1) is 6.22. The van der Waals surface area contributed by atoms with E-state index in [9.17, 15) is 4.79 Å². The van der Waals surface area contributed by atoms with E-state index in [0.717, 1.165) is 25.7 Å². The van der Waals surface area contributed by atoms with Gasteiger partial charge in [-0.1, -0.05) is 0 Å². The molecule has 2 N–H and O–H groups in total. The van der Waals surface area contributed by atoms with Crippen LogP contribution in [-0.2, 0) is 14.3 Å². The molecule has 0 aromatic rings. The van der Waals surface area contributed by atoms with Crippen LogP contribution in [0, 0.1) is 0 Å². The van der Waals surface area contributed by atoms with Crippen LogP contribution in [0.1, 0.15) is 25.7 Å². The van der Waals surface area contributed by atoms with Crippen molar-refractivity contribution in [2.45, 2.75) is 37.8 Å². The Balaban J connectivity index is 2.12. The largest absolute Gasteiger partial charge is 0.467 e. The van der Waals surface area contributed by atoms with E-state index in [0.29, 0.717) is 6.04 Å². The lowest BCUT2D eigenvalue weighted by molar-refractivity contribution is -0.148. The van der Waals surface area contributed by atoms with Crippen molar-refractivity contribution in [1.29, 1.82) is 0 Å². The molecule has 1 aliphatic carbocycles. The van der Waals surface area contributed by atoms with E-state index in [2.05, 4.69) is 4.74 Å². The Hall–Kier alpha value is -0.610. The summed E-state index contributed by atoms with van der Waals surface area (Å²) in [6.07, 6.45) is 4.09. The summed E-state index contributed by atoms with van der Waals surface area (Å²) < 4.78 is 9.83. The zero-order valence-corrected chi connectivity index (χ0v) is 7.99. The van der Waals surface area contributed by atoms with E-state index in [1.54, 1.807) is 0 Å². The maximum Gasteiger partial charge on any atom is 0.331 e. The van der Waals surface area contributed by atoms with Gasteiger partial charge in [0.2, 0.25) is 0 Å². The van der Waals surface area contributed by atoms with Gasteiger partial charge in [0.15, 0.2) is 0 Å². The average molecular weight is 187 g/mol. The van der Waals surface area contributed by atoms with Crippen LogP contribution in [0.3, 0.4) is 0 Å². The van der Waals surface area contributed by atoms with Gasteiger partial charge < -0.3 is 15.2 Å². The number of methoxy groups -OCH3 is 1. The van der Waals surface area contributed by atoms with Crippen LogP contribution in [-0.4, -0.2) is 31.8 Å². The second-order valence-corrected chi connectivity index (χ2v) is 3.42. The first kappa shape index (κ1) is 10.5. The highest BCUT2D eigenvalue weighted by Gasteiger charge is 2.19. The molecule has 0 spiro atoms. The van der Waals surface area contributed by atoms with Crippen molar-refractivity contribution in [3.63, 3.8) is 0 Å². The molecule has 0 aromatic heterocycles. The number of ether oxygens (including phenoxy) is 2. The lowest BCUT2D eigenvalue weighted by Crippen LogP contribution is -2.31. The highest BCUT2D eigenvalue weighted by atomic mass is 16.6.